The van der Waals surface area contributed by atoms with Gasteiger partial charge in [0.15, 0.2) is 0 Å². The van der Waals surface area contributed by atoms with Crippen LogP contribution in [-0.4, -0.2) is 16.3 Å². The molecule has 0 unspecified atom stereocenters. The van der Waals surface area contributed by atoms with Crippen molar-refractivity contribution in [2.24, 2.45) is 0 Å². The lowest BCUT2D eigenvalue weighted by atomic mass is 9.37. The van der Waals surface area contributed by atoms with Crippen LogP contribution in [0, 0.1) is 12.7 Å². The maximum absolute atomic E-state index is 12.8. The van der Waals surface area contributed by atoms with Crippen LogP contribution in [-0.2, 0) is 0 Å². The number of nitrogens with zero attached hydrogens (tertiary/aromatic N) is 2. The SMILES string of the molecule is C=C(C)B(c1ccccc1)c1ccccc1.Cc1cncn1-c1ccc(F)cc1Cl. The molecule has 0 fully saturated rings. The average Bonchev–Trinajstić information content (AvgIpc) is 3.16. The average molecular weight is 417 g/mol. The van der Waals surface area contributed by atoms with Gasteiger partial charge in [0, 0.05) is 11.9 Å². The van der Waals surface area contributed by atoms with E-state index in [1.54, 1.807) is 18.6 Å². The molecule has 1 aromatic heterocycles. The van der Waals surface area contributed by atoms with Crippen LogP contribution in [0.15, 0.2) is 103 Å². The highest BCUT2D eigenvalue weighted by molar-refractivity contribution is 6.90. The Labute approximate surface area is 182 Å². The van der Waals surface area contributed by atoms with Crippen LogP contribution in [0.1, 0.15) is 12.6 Å². The number of rotatable bonds is 4. The van der Waals surface area contributed by atoms with E-state index in [-0.39, 0.29) is 5.82 Å². The summed E-state index contributed by atoms with van der Waals surface area (Å²) >= 11 is 5.90. The van der Waals surface area contributed by atoms with E-state index in [0.29, 0.717) is 11.7 Å². The van der Waals surface area contributed by atoms with E-state index in [1.165, 1.54) is 28.5 Å². The van der Waals surface area contributed by atoms with Gasteiger partial charge in [0.25, 0.3) is 0 Å². The van der Waals surface area contributed by atoms with E-state index < -0.39 is 0 Å². The molecule has 150 valence electrons. The standard InChI is InChI=1S/C15H15B.C10H8ClFN2/c1-13(2)16(14-9-5-3-6-10-14)15-11-7-4-8-12-15;1-7-5-13-6-14(7)10-3-2-8(12)4-9(10)11/h3-12H,1H2,2H3;2-6H,1H3. The molecule has 0 aliphatic heterocycles. The third-order valence-corrected chi connectivity index (χ3v) is 5.05. The normalized spacial score (nSPS) is 10.1. The summed E-state index contributed by atoms with van der Waals surface area (Å²) < 4.78 is 14.6. The van der Waals surface area contributed by atoms with Gasteiger partial charge in [-0.2, -0.15) is 0 Å². The molecule has 0 N–H and O–H groups in total. The van der Waals surface area contributed by atoms with E-state index in [2.05, 4.69) is 67.0 Å². The van der Waals surface area contributed by atoms with E-state index in [1.807, 2.05) is 23.6 Å². The fourth-order valence-electron chi connectivity index (χ4n) is 3.34. The van der Waals surface area contributed by atoms with Gasteiger partial charge in [-0.25, -0.2) is 9.37 Å². The van der Waals surface area contributed by atoms with Crippen LogP contribution < -0.4 is 10.9 Å². The van der Waals surface area contributed by atoms with Gasteiger partial charge in [0.05, 0.1) is 17.0 Å². The van der Waals surface area contributed by atoms with Crippen molar-refractivity contribution < 1.29 is 4.39 Å². The Morgan fingerprint density at radius 3 is 1.97 bits per heavy atom. The number of hydrogen-bond acceptors (Lipinski definition) is 1. The molecule has 0 spiro atoms. The summed E-state index contributed by atoms with van der Waals surface area (Å²) in [6, 6.07) is 25.3. The van der Waals surface area contributed by atoms with Crippen molar-refractivity contribution in [1.29, 1.82) is 0 Å². The molecular weight excluding hydrogens is 394 g/mol. The number of aryl methyl sites for hydroxylation is 1. The predicted octanol–water partition coefficient (Wildman–Crippen LogP) is 5.38. The van der Waals surface area contributed by atoms with Crippen LogP contribution in [0.5, 0.6) is 0 Å². The first-order valence-electron chi connectivity index (χ1n) is 9.67. The number of allylic oxidation sites excluding steroid dienone is 1. The van der Waals surface area contributed by atoms with Gasteiger partial charge in [-0.15, -0.1) is 12.1 Å². The van der Waals surface area contributed by atoms with Crippen LogP contribution >= 0.6 is 11.6 Å². The minimum absolute atomic E-state index is 0.308. The molecule has 4 aromatic rings. The topological polar surface area (TPSA) is 17.8 Å². The summed E-state index contributed by atoms with van der Waals surface area (Å²) in [5.74, 6) is -0.337. The number of benzene rings is 3. The minimum Gasteiger partial charge on any atom is -0.302 e. The van der Waals surface area contributed by atoms with Crippen molar-refractivity contribution in [2.75, 3.05) is 0 Å². The molecule has 0 bridgehead atoms. The molecule has 2 nitrogen and oxygen atoms in total. The second-order valence-electron chi connectivity index (χ2n) is 7.10. The first-order valence-corrected chi connectivity index (χ1v) is 10.0. The molecule has 0 radical (unpaired) electrons. The zero-order valence-corrected chi connectivity index (χ0v) is 17.9. The van der Waals surface area contributed by atoms with E-state index in [9.17, 15) is 4.39 Å². The molecule has 0 amide bonds. The van der Waals surface area contributed by atoms with Crippen molar-refractivity contribution in [1.82, 2.24) is 9.55 Å². The fraction of sp³-hybridized carbons (Fsp3) is 0.0800. The Hall–Kier alpha value is -3.11. The highest BCUT2D eigenvalue weighted by Gasteiger charge is 2.18. The number of halogens is 2. The molecule has 4 rings (SSSR count). The molecule has 0 aliphatic carbocycles. The maximum Gasteiger partial charge on any atom is 0.236 e. The first-order chi connectivity index (χ1) is 14.5. The highest BCUT2D eigenvalue weighted by Crippen LogP contribution is 2.22. The summed E-state index contributed by atoms with van der Waals surface area (Å²) in [5.41, 5.74) is 5.49. The third-order valence-electron chi connectivity index (χ3n) is 4.75. The lowest BCUT2D eigenvalue weighted by Crippen LogP contribution is -2.43. The van der Waals surface area contributed by atoms with Gasteiger partial charge in [-0.05, 0) is 25.1 Å². The number of imidazole rings is 1. The van der Waals surface area contributed by atoms with Crippen LogP contribution in [0.25, 0.3) is 5.69 Å². The molecule has 0 aliphatic rings. The Morgan fingerprint density at radius 2 is 1.53 bits per heavy atom. The first kappa shape index (κ1) is 21.6. The zero-order valence-electron chi connectivity index (χ0n) is 17.1. The van der Waals surface area contributed by atoms with Crippen molar-refractivity contribution in [3.63, 3.8) is 0 Å². The molecule has 1 heterocycles. The third kappa shape index (κ3) is 5.28. The summed E-state index contributed by atoms with van der Waals surface area (Å²) in [7, 11) is 0. The van der Waals surface area contributed by atoms with Crippen LogP contribution in [0.4, 0.5) is 4.39 Å². The van der Waals surface area contributed by atoms with E-state index in [0.717, 1.165) is 11.4 Å². The molecule has 0 saturated carbocycles. The largest absolute Gasteiger partial charge is 0.302 e. The van der Waals surface area contributed by atoms with Gasteiger partial charge in [-0.1, -0.05) is 90.1 Å². The Morgan fingerprint density at radius 1 is 0.967 bits per heavy atom. The number of aromatic nitrogens is 2. The Bertz CT molecular complexity index is 1070. The van der Waals surface area contributed by atoms with Crippen molar-refractivity contribution in [2.45, 2.75) is 13.8 Å². The second-order valence-corrected chi connectivity index (χ2v) is 7.51. The minimum atomic E-state index is -0.337. The van der Waals surface area contributed by atoms with Crippen LogP contribution in [0.3, 0.4) is 0 Å². The van der Waals surface area contributed by atoms with Crippen molar-refractivity contribution in [3.8, 4) is 5.69 Å². The Balaban J connectivity index is 0.000000172. The lowest BCUT2D eigenvalue weighted by molar-refractivity contribution is 0.627. The molecule has 3 aromatic carbocycles. The quantitative estimate of drug-likeness (QED) is 0.408. The smallest absolute Gasteiger partial charge is 0.236 e. The van der Waals surface area contributed by atoms with Gasteiger partial charge < -0.3 is 4.57 Å². The van der Waals surface area contributed by atoms with Crippen molar-refractivity contribution >= 4 is 29.2 Å². The summed E-state index contributed by atoms with van der Waals surface area (Å²) in [6.45, 7) is 8.41. The van der Waals surface area contributed by atoms with E-state index in [4.69, 9.17) is 11.6 Å². The van der Waals surface area contributed by atoms with Gasteiger partial charge in [-0.3, -0.25) is 0 Å². The fourth-order valence-corrected chi connectivity index (χ4v) is 3.60. The van der Waals surface area contributed by atoms with Crippen LogP contribution in [0.2, 0.25) is 5.02 Å². The molecule has 0 saturated heterocycles. The summed E-state index contributed by atoms with van der Waals surface area (Å²) in [5, 5.41) is 0.381. The summed E-state index contributed by atoms with van der Waals surface area (Å²) in [6.07, 6.45) is 3.37. The molecule has 30 heavy (non-hydrogen) atoms. The maximum atomic E-state index is 12.8. The van der Waals surface area contributed by atoms with Gasteiger partial charge >= 0.3 is 0 Å². The Kier molecular flexibility index (Phi) is 7.26. The lowest BCUT2D eigenvalue weighted by Gasteiger charge is -2.14. The second kappa shape index (κ2) is 10.1. The number of hydrogen-bond donors (Lipinski definition) is 0. The van der Waals surface area contributed by atoms with Gasteiger partial charge in [0.2, 0.25) is 6.71 Å². The molecular formula is C25H23BClFN2. The molecule has 0 atom stereocenters. The summed E-state index contributed by atoms with van der Waals surface area (Å²) in [4.78, 5) is 3.97. The monoisotopic (exact) mass is 416 g/mol. The van der Waals surface area contributed by atoms with Crippen molar-refractivity contribution in [3.05, 3.63) is 120 Å². The predicted molar refractivity (Wildman–Crippen MR) is 126 cm³/mol. The van der Waals surface area contributed by atoms with Gasteiger partial charge in [0.1, 0.15) is 5.82 Å². The van der Waals surface area contributed by atoms with E-state index >= 15 is 0 Å². The highest BCUT2D eigenvalue weighted by atomic mass is 35.5. The molecule has 5 heteroatoms. The zero-order chi connectivity index (χ0) is 21.5.